The summed E-state index contributed by atoms with van der Waals surface area (Å²) in [6, 6.07) is 6.06. The fraction of sp³-hybridized carbons (Fsp3) is 0.462. The predicted molar refractivity (Wildman–Crippen MR) is 80.7 cm³/mol. The van der Waals surface area contributed by atoms with Crippen molar-refractivity contribution in [1.82, 2.24) is 0 Å². The van der Waals surface area contributed by atoms with Gasteiger partial charge in [-0.15, -0.1) is 0 Å². The zero-order valence-electron chi connectivity index (χ0n) is 12.4. The molecule has 0 aliphatic carbocycles. The molecule has 0 aliphatic rings. The largest absolute Gasteiger partial charge is 0.372 e. The molecule has 0 spiro atoms. The molecule has 0 N–H and O–H groups in total. The molecule has 1 aromatic rings. The molecule has 0 aromatic heterocycles. The van der Waals surface area contributed by atoms with E-state index in [1.807, 2.05) is 0 Å². The van der Waals surface area contributed by atoms with E-state index in [4.69, 9.17) is 5.26 Å². The van der Waals surface area contributed by atoms with Crippen molar-refractivity contribution in [2.45, 2.75) is 16.7 Å². The highest BCUT2D eigenvalue weighted by molar-refractivity contribution is 7.91. The smallest absolute Gasteiger partial charge is 0.177 e. The van der Waals surface area contributed by atoms with Crippen LogP contribution < -0.4 is 4.90 Å². The summed E-state index contributed by atoms with van der Waals surface area (Å²) < 4.78 is 46.9. The Morgan fingerprint density at radius 3 is 2.19 bits per heavy atom. The van der Waals surface area contributed by atoms with Crippen molar-refractivity contribution < 1.29 is 16.8 Å². The maximum Gasteiger partial charge on any atom is 0.177 e. The van der Waals surface area contributed by atoms with E-state index >= 15 is 0 Å². The maximum atomic E-state index is 11.9. The normalized spacial score (nSPS) is 13.5. The van der Waals surface area contributed by atoms with Crippen molar-refractivity contribution in [3.8, 4) is 6.07 Å². The molecule has 0 heterocycles. The van der Waals surface area contributed by atoms with Crippen molar-refractivity contribution in [2.75, 3.05) is 31.0 Å². The lowest BCUT2D eigenvalue weighted by Gasteiger charge is -2.23. The summed E-state index contributed by atoms with van der Waals surface area (Å²) in [5.41, 5.74) is 0.381. The van der Waals surface area contributed by atoms with Gasteiger partial charge < -0.3 is 4.90 Å². The van der Waals surface area contributed by atoms with Gasteiger partial charge in [0, 0.05) is 26.1 Å². The second-order valence-corrected chi connectivity index (χ2v) is 9.08. The molecule has 0 saturated carbocycles. The molecule has 6 nitrogen and oxygen atoms in total. The number of rotatable bonds is 5. The van der Waals surface area contributed by atoms with Gasteiger partial charge in [0.1, 0.15) is 0 Å². The molecule has 116 valence electrons. The molecule has 0 unspecified atom stereocenters. The van der Waals surface area contributed by atoms with Gasteiger partial charge in [0.25, 0.3) is 0 Å². The molecular weight excluding hydrogens is 312 g/mol. The van der Waals surface area contributed by atoms with Gasteiger partial charge in [0.05, 0.1) is 27.5 Å². The van der Waals surface area contributed by atoms with Crippen LogP contribution in [0.25, 0.3) is 0 Å². The number of hydrogen-bond acceptors (Lipinski definition) is 6. The van der Waals surface area contributed by atoms with Crippen molar-refractivity contribution in [2.24, 2.45) is 5.92 Å². The van der Waals surface area contributed by atoms with Crippen LogP contribution >= 0.6 is 0 Å². The fourth-order valence-electron chi connectivity index (χ4n) is 1.89. The van der Waals surface area contributed by atoms with Crippen molar-refractivity contribution >= 4 is 25.4 Å². The molecule has 1 aromatic carbocycles. The van der Waals surface area contributed by atoms with Gasteiger partial charge in [-0.3, -0.25) is 0 Å². The standard InChI is InChI=1S/C13H18N2O4S2/c1-10(8-14)9-15(2)12-6-5-11(20(3,16)17)7-13(12)21(4,18)19/h5-7,10H,9H2,1-4H3/t10-/m0/s1. The minimum atomic E-state index is -3.59. The first-order valence-electron chi connectivity index (χ1n) is 6.11. The minimum absolute atomic E-state index is 0.0478. The Morgan fingerprint density at radius 1 is 1.19 bits per heavy atom. The molecule has 1 rings (SSSR count). The number of nitriles is 1. The Morgan fingerprint density at radius 2 is 1.76 bits per heavy atom. The van der Waals surface area contributed by atoms with E-state index < -0.39 is 19.7 Å². The number of sulfone groups is 2. The van der Waals surface area contributed by atoms with E-state index in [0.29, 0.717) is 12.2 Å². The average Bonchev–Trinajstić information content (AvgIpc) is 2.35. The monoisotopic (exact) mass is 330 g/mol. The van der Waals surface area contributed by atoms with Crippen molar-refractivity contribution in [3.05, 3.63) is 18.2 Å². The van der Waals surface area contributed by atoms with Crippen LogP contribution in [0.2, 0.25) is 0 Å². The third-order valence-corrected chi connectivity index (χ3v) is 5.17. The number of benzene rings is 1. The van der Waals surface area contributed by atoms with Crippen LogP contribution in [0.5, 0.6) is 0 Å². The summed E-state index contributed by atoms with van der Waals surface area (Å²) in [6.45, 7) is 2.07. The van der Waals surface area contributed by atoms with Crippen LogP contribution in [0.4, 0.5) is 5.69 Å². The highest BCUT2D eigenvalue weighted by Crippen LogP contribution is 2.28. The summed E-state index contributed by atoms with van der Waals surface area (Å²) >= 11 is 0. The van der Waals surface area contributed by atoms with Crippen LogP contribution in [-0.2, 0) is 19.7 Å². The van der Waals surface area contributed by atoms with Crippen molar-refractivity contribution in [1.29, 1.82) is 5.26 Å². The Kier molecular flexibility index (Phi) is 5.02. The molecule has 0 aliphatic heterocycles. The first-order chi connectivity index (χ1) is 9.46. The maximum absolute atomic E-state index is 11.9. The summed E-state index contributed by atoms with van der Waals surface area (Å²) in [5, 5.41) is 8.84. The third kappa shape index (κ3) is 4.44. The van der Waals surface area contributed by atoms with Gasteiger partial charge in [-0.25, -0.2) is 16.8 Å². The Balaban J connectivity index is 3.44. The van der Waals surface area contributed by atoms with E-state index in [2.05, 4.69) is 6.07 Å². The van der Waals surface area contributed by atoms with E-state index in [0.717, 1.165) is 18.6 Å². The van der Waals surface area contributed by atoms with E-state index in [-0.39, 0.29) is 15.7 Å². The van der Waals surface area contributed by atoms with Gasteiger partial charge >= 0.3 is 0 Å². The fourth-order valence-corrected chi connectivity index (χ4v) is 3.55. The van der Waals surface area contributed by atoms with Gasteiger partial charge in [0.15, 0.2) is 19.7 Å². The predicted octanol–water partition coefficient (Wildman–Crippen LogP) is 1.09. The van der Waals surface area contributed by atoms with Gasteiger partial charge in [0.2, 0.25) is 0 Å². The van der Waals surface area contributed by atoms with Crippen LogP contribution in [0.1, 0.15) is 6.92 Å². The SMILES string of the molecule is C[C@@H](C#N)CN(C)c1ccc(S(C)(=O)=O)cc1S(C)(=O)=O. The van der Waals surface area contributed by atoms with E-state index in [1.54, 1.807) is 18.9 Å². The first kappa shape index (κ1) is 17.5. The van der Waals surface area contributed by atoms with E-state index in [9.17, 15) is 16.8 Å². The molecule has 21 heavy (non-hydrogen) atoms. The number of nitrogens with zero attached hydrogens (tertiary/aromatic N) is 2. The lowest BCUT2D eigenvalue weighted by atomic mass is 10.2. The first-order valence-corrected chi connectivity index (χ1v) is 9.90. The van der Waals surface area contributed by atoms with Crippen molar-refractivity contribution in [3.63, 3.8) is 0 Å². The second-order valence-electron chi connectivity index (χ2n) is 5.08. The zero-order valence-corrected chi connectivity index (χ0v) is 14.0. The van der Waals surface area contributed by atoms with Crippen LogP contribution in [-0.4, -0.2) is 42.9 Å². The van der Waals surface area contributed by atoms with Gasteiger partial charge in [-0.1, -0.05) is 0 Å². The summed E-state index contributed by atoms with van der Waals surface area (Å²) in [5.74, 6) is -0.281. The summed E-state index contributed by atoms with van der Waals surface area (Å²) in [4.78, 5) is 1.53. The lowest BCUT2D eigenvalue weighted by molar-refractivity contribution is 0.599. The van der Waals surface area contributed by atoms with Crippen LogP contribution in [0, 0.1) is 17.2 Å². The molecule has 0 fully saturated rings. The summed E-state index contributed by atoms with van der Waals surface area (Å²) in [7, 11) is -5.42. The minimum Gasteiger partial charge on any atom is -0.372 e. The molecule has 1 atom stereocenters. The van der Waals surface area contributed by atoms with E-state index in [1.165, 1.54) is 12.1 Å². The Bertz CT molecular complexity index is 777. The molecule has 0 radical (unpaired) electrons. The highest BCUT2D eigenvalue weighted by Gasteiger charge is 2.20. The van der Waals surface area contributed by atoms with Gasteiger partial charge in [-0.2, -0.15) is 5.26 Å². The molecule has 0 bridgehead atoms. The molecule has 0 saturated heterocycles. The average molecular weight is 330 g/mol. The van der Waals surface area contributed by atoms with Crippen LogP contribution in [0.15, 0.2) is 28.0 Å². The topological polar surface area (TPSA) is 95.3 Å². The molecule has 8 heteroatoms. The quantitative estimate of drug-likeness (QED) is 0.802. The zero-order chi connectivity index (χ0) is 16.4. The highest BCUT2D eigenvalue weighted by atomic mass is 32.2. The Hall–Kier alpha value is -1.59. The van der Waals surface area contributed by atoms with Gasteiger partial charge in [-0.05, 0) is 25.1 Å². The molecule has 0 amide bonds. The third-order valence-electron chi connectivity index (χ3n) is 2.94. The molecular formula is C13H18N2O4S2. The number of anilines is 1. The lowest BCUT2D eigenvalue weighted by Crippen LogP contribution is -2.25. The number of hydrogen-bond donors (Lipinski definition) is 0. The van der Waals surface area contributed by atoms with Crippen LogP contribution in [0.3, 0.4) is 0 Å². The second kappa shape index (κ2) is 6.03. The summed E-state index contributed by atoms with van der Waals surface area (Å²) in [6.07, 6.45) is 2.05. The Labute approximate surface area is 125 Å².